The number of H-pyrrole nitrogens is 1. The topological polar surface area (TPSA) is 95.2 Å². The molecule has 3 aromatic carbocycles. The van der Waals surface area contributed by atoms with Crippen LogP contribution in [0.15, 0.2) is 70.6 Å². The second kappa shape index (κ2) is 7.89. The first kappa shape index (κ1) is 20.1. The van der Waals surface area contributed by atoms with Gasteiger partial charge in [-0.05, 0) is 43.7 Å². The van der Waals surface area contributed by atoms with E-state index in [1.807, 2.05) is 43.3 Å². The molecule has 8 heteroatoms. The van der Waals surface area contributed by atoms with Crippen LogP contribution in [0, 0.1) is 0 Å². The summed E-state index contributed by atoms with van der Waals surface area (Å²) in [5, 5.41) is 11.7. The fraction of sp³-hybridized carbons (Fsp3) is 0.182. The van der Waals surface area contributed by atoms with Crippen LogP contribution >= 0.6 is 0 Å². The number of aromatic amines is 1. The van der Waals surface area contributed by atoms with E-state index in [9.17, 15) is 13.2 Å². The predicted molar refractivity (Wildman–Crippen MR) is 117 cm³/mol. The van der Waals surface area contributed by atoms with Crippen LogP contribution in [0.5, 0.6) is 0 Å². The molecular formula is C22H22N4O3S. The van der Waals surface area contributed by atoms with E-state index in [1.165, 1.54) is 0 Å². The SMILES string of the molecule is CN(C)CCC(=O)Nc1ccc2c(S(=O)(=O)c3cccc4ccccc34)n[nH]c2c1. The summed E-state index contributed by atoms with van der Waals surface area (Å²) >= 11 is 0. The smallest absolute Gasteiger partial charge is 0.226 e. The highest BCUT2D eigenvalue weighted by Crippen LogP contribution is 2.31. The molecule has 1 aromatic heterocycles. The van der Waals surface area contributed by atoms with Gasteiger partial charge in [-0.15, -0.1) is 0 Å². The first-order valence-corrected chi connectivity index (χ1v) is 11.0. The second-order valence-corrected chi connectivity index (χ2v) is 9.20. The molecule has 0 aliphatic heterocycles. The summed E-state index contributed by atoms with van der Waals surface area (Å²) in [6.45, 7) is 0.644. The molecule has 0 saturated carbocycles. The van der Waals surface area contributed by atoms with Crippen molar-refractivity contribution in [3.05, 3.63) is 60.7 Å². The summed E-state index contributed by atoms with van der Waals surface area (Å²) in [5.41, 5.74) is 1.13. The van der Waals surface area contributed by atoms with Crippen LogP contribution < -0.4 is 5.32 Å². The molecular weight excluding hydrogens is 400 g/mol. The van der Waals surface area contributed by atoms with Crippen molar-refractivity contribution in [1.82, 2.24) is 15.1 Å². The third-order valence-electron chi connectivity index (χ3n) is 4.89. The average molecular weight is 423 g/mol. The molecule has 1 amide bonds. The predicted octanol–water partition coefficient (Wildman–Crippen LogP) is 3.44. The molecule has 0 aliphatic rings. The number of hydrogen-bond acceptors (Lipinski definition) is 5. The van der Waals surface area contributed by atoms with Gasteiger partial charge in [0.1, 0.15) is 0 Å². The molecule has 0 aliphatic carbocycles. The molecule has 0 bridgehead atoms. The maximum atomic E-state index is 13.4. The monoisotopic (exact) mass is 422 g/mol. The van der Waals surface area contributed by atoms with E-state index in [4.69, 9.17) is 0 Å². The molecule has 0 radical (unpaired) electrons. The molecule has 2 N–H and O–H groups in total. The zero-order chi connectivity index (χ0) is 21.3. The van der Waals surface area contributed by atoms with Crippen LogP contribution in [-0.2, 0) is 14.6 Å². The quantitative estimate of drug-likeness (QED) is 0.496. The van der Waals surface area contributed by atoms with Gasteiger partial charge >= 0.3 is 0 Å². The number of nitrogens with one attached hydrogen (secondary N) is 2. The Kier molecular flexibility index (Phi) is 5.27. The van der Waals surface area contributed by atoms with Crippen molar-refractivity contribution in [2.75, 3.05) is 26.0 Å². The molecule has 0 atom stereocenters. The van der Waals surface area contributed by atoms with E-state index in [1.54, 1.807) is 36.4 Å². The lowest BCUT2D eigenvalue weighted by Gasteiger charge is -2.10. The minimum Gasteiger partial charge on any atom is -0.326 e. The minimum absolute atomic E-state index is 0.0284. The van der Waals surface area contributed by atoms with Crippen molar-refractivity contribution >= 4 is 43.1 Å². The minimum atomic E-state index is -3.84. The van der Waals surface area contributed by atoms with Gasteiger partial charge in [0.25, 0.3) is 0 Å². The number of carbonyl (C=O) groups excluding carboxylic acids is 1. The number of amides is 1. The first-order valence-electron chi connectivity index (χ1n) is 9.52. The summed E-state index contributed by atoms with van der Waals surface area (Å²) in [7, 11) is -0.0289. The number of hydrogen-bond donors (Lipinski definition) is 2. The third-order valence-corrected chi connectivity index (χ3v) is 6.65. The molecule has 4 rings (SSSR count). The highest BCUT2D eigenvalue weighted by Gasteiger charge is 2.25. The van der Waals surface area contributed by atoms with Gasteiger partial charge in [-0.25, -0.2) is 8.42 Å². The van der Waals surface area contributed by atoms with E-state index in [-0.39, 0.29) is 15.8 Å². The van der Waals surface area contributed by atoms with Gasteiger partial charge in [-0.2, -0.15) is 5.10 Å². The van der Waals surface area contributed by atoms with Crippen molar-refractivity contribution < 1.29 is 13.2 Å². The number of fused-ring (bicyclic) bond motifs is 2. The molecule has 0 unspecified atom stereocenters. The second-order valence-electron chi connectivity index (χ2n) is 7.37. The van der Waals surface area contributed by atoms with E-state index in [0.29, 0.717) is 34.9 Å². The van der Waals surface area contributed by atoms with Gasteiger partial charge in [0, 0.05) is 29.4 Å². The summed E-state index contributed by atoms with van der Waals surface area (Å²) in [6.07, 6.45) is 0.370. The van der Waals surface area contributed by atoms with Gasteiger partial charge in [0.15, 0.2) is 5.03 Å². The summed E-state index contributed by atoms with van der Waals surface area (Å²) in [6, 6.07) is 17.6. The number of aromatic nitrogens is 2. The maximum absolute atomic E-state index is 13.4. The van der Waals surface area contributed by atoms with Crippen molar-refractivity contribution in [2.45, 2.75) is 16.3 Å². The summed E-state index contributed by atoms with van der Waals surface area (Å²) in [5.74, 6) is -0.105. The van der Waals surface area contributed by atoms with Crippen LogP contribution in [0.4, 0.5) is 5.69 Å². The molecule has 154 valence electrons. The van der Waals surface area contributed by atoms with Gasteiger partial charge < -0.3 is 10.2 Å². The lowest BCUT2D eigenvalue weighted by atomic mass is 10.1. The fourth-order valence-electron chi connectivity index (χ4n) is 3.36. The highest BCUT2D eigenvalue weighted by molar-refractivity contribution is 7.91. The lowest BCUT2D eigenvalue weighted by Crippen LogP contribution is -2.20. The van der Waals surface area contributed by atoms with Gasteiger partial charge in [-0.3, -0.25) is 9.89 Å². The number of carbonyl (C=O) groups is 1. The Morgan fingerprint density at radius 1 is 1.03 bits per heavy atom. The van der Waals surface area contributed by atoms with Crippen LogP contribution in [0.3, 0.4) is 0 Å². The van der Waals surface area contributed by atoms with Crippen LogP contribution in [0.2, 0.25) is 0 Å². The molecule has 1 heterocycles. The van der Waals surface area contributed by atoms with E-state index >= 15 is 0 Å². The highest BCUT2D eigenvalue weighted by atomic mass is 32.2. The van der Waals surface area contributed by atoms with Crippen LogP contribution in [0.1, 0.15) is 6.42 Å². The standard InChI is InChI=1S/C22H22N4O3S/c1-26(2)13-12-21(27)23-16-10-11-18-19(14-16)24-25-22(18)30(28,29)20-9-5-7-15-6-3-4-8-17(15)20/h3-11,14H,12-13H2,1-2H3,(H,23,27)(H,24,25). The molecule has 4 aromatic rings. The first-order chi connectivity index (χ1) is 14.4. The van der Waals surface area contributed by atoms with Crippen molar-refractivity contribution in [2.24, 2.45) is 0 Å². The van der Waals surface area contributed by atoms with Crippen molar-refractivity contribution in [3.63, 3.8) is 0 Å². The van der Waals surface area contributed by atoms with Gasteiger partial charge in [-0.1, -0.05) is 36.4 Å². The van der Waals surface area contributed by atoms with Crippen LogP contribution in [0.25, 0.3) is 21.7 Å². The maximum Gasteiger partial charge on any atom is 0.226 e. The van der Waals surface area contributed by atoms with Crippen LogP contribution in [-0.4, -0.2) is 50.1 Å². The summed E-state index contributed by atoms with van der Waals surface area (Å²) in [4.78, 5) is 14.2. The Morgan fingerprint density at radius 3 is 2.60 bits per heavy atom. The van der Waals surface area contributed by atoms with E-state index in [0.717, 1.165) is 5.39 Å². The Bertz CT molecular complexity index is 1340. The number of anilines is 1. The van der Waals surface area contributed by atoms with Gasteiger partial charge in [0.05, 0.1) is 10.4 Å². The van der Waals surface area contributed by atoms with Gasteiger partial charge in [0.2, 0.25) is 15.7 Å². The molecule has 7 nitrogen and oxygen atoms in total. The largest absolute Gasteiger partial charge is 0.326 e. The third kappa shape index (κ3) is 3.79. The molecule has 0 fully saturated rings. The molecule has 0 spiro atoms. The number of sulfone groups is 1. The zero-order valence-electron chi connectivity index (χ0n) is 16.7. The van der Waals surface area contributed by atoms with E-state index < -0.39 is 9.84 Å². The fourth-order valence-corrected chi connectivity index (χ4v) is 4.93. The van der Waals surface area contributed by atoms with E-state index in [2.05, 4.69) is 15.5 Å². The van der Waals surface area contributed by atoms with Crippen molar-refractivity contribution in [3.8, 4) is 0 Å². The Hall–Kier alpha value is -3.23. The number of nitrogens with zero attached hydrogens (tertiary/aromatic N) is 2. The Labute approximate surface area is 174 Å². The molecule has 30 heavy (non-hydrogen) atoms. The van der Waals surface area contributed by atoms with Crippen molar-refractivity contribution in [1.29, 1.82) is 0 Å². The number of benzene rings is 3. The Balaban J connectivity index is 1.69. The average Bonchev–Trinajstić information content (AvgIpc) is 3.16. The summed E-state index contributed by atoms with van der Waals surface area (Å²) < 4.78 is 26.8. The normalized spacial score (nSPS) is 12.0. The molecule has 0 saturated heterocycles. The Morgan fingerprint density at radius 2 is 1.80 bits per heavy atom. The zero-order valence-corrected chi connectivity index (χ0v) is 17.5. The lowest BCUT2D eigenvalue weighted by molar-refractivity contribution is -0.116. The number of rotatable bonds is 6.